The minimum absolute atomic E-state index is 0.0176. The summed E-state index contributed by atoms with van der Waals surface area (Å²) in [5.41, 5.74) is 0.665. The van der Waals surface area contributed by atoms with Crippen molar-refractivity contribution in [2.45, 2.75) is 31.7 Å². The van der Waals surface area contributed by atoms with Crippen molar-refractivity contribution in [2.75, 3.05) is 26.7 Å². The number of piperidine rings is 1. The highest BCUT2D eigenvalue weighted by molar-refractivity contribution is 6.04. The number of esters is 1. The third-order valence-corrected chi connectivity index (χ3v) is 6.26. The molecular formula is C20H24N4O4. The summed E-state index contributed by atoms with van der Waals surface area (Å²) in [6.45, 7) is 3.41. The predicted molar refractivity (Wildman–Crippen MR) is 101 cm³/mol. The number of amides is 2. The molecule has 2 aliphatic heterocycles. The summed E-state index contributed by atoms with van der Waals surface area (Å²) in [7, 11) is 1.36. The number of nitrogens with zero attached hydrogens (tertiary/aromatic N) is 3. The van der Waals surface area contributed by atoms with Crippen LogP contribution >= 0.6 is 0 Å². The van der Waals surface area contributed by atoms with Gasteiger partial charge in [0.15, 0.2) is 5.69 Å². The van der Waals surface area contributed by atoms with Crippen LogP contribution in [-0.2, 0) is 14.3 Å². The van der Waals surface area contributed by atoms with Gasteiger partial charge in [-0.2, -0.15) is 5.10 Å². The molecule has 4 rings (SSSR count). The van der Waals surface area contributed by atoms with Crippen molar-refractivity contribution in [3.63, 3.8) is 0 Å². The molecule has 1 unspecified atom stereocenters. The van der Waals surface area contributed by atoms with Gasteiger partial charge in [0.2, 0.25) is 5.91 Å². The lowest BCUT2D eigenvalue weighted by Crippen LogP contribution is -2.58. The average molecular weight is 384 g/mol. The molecule has 2 aliphatic rings. The zero-order valence-corrected chi connectivity index (χ0v) is 16.1. The molecule has 1 N–H and O–H groups in total. The molecule has 0 bridgehead atoms. The molecule has 1 aromatic carbocycles. The molecule has 2 fully saturated rings. The van der Waals surface area contributed by atoms with Crippen LogP contribution in [-0.4, -0.2) is 70.1 Å². The van der Waals surface area contributed by atoms with Crippen LogP contribution in [0.1, 0.15) is 36.7 Å². The van der Waals surface area contributed by atoms with Gasteiger partial charge in [-0.25, -0.2) is 0 Å². The van der Waals surface area contributed by atoms with Crippen LogP contribution in [0.15, 0.2) is 24.3 Å². The summed E-state index contributed by atoms with van der Waals surface area (Å²) in [5.74, 6) is -0.971. The van der Waals surface area contributed by atoms with Gasteiger partial charge in [-0.1, -0.05) is 18.2 Å². The molecule has 8 nitrogen and oxygen atoms in total. The van der Waals surface area contributed by atoms with E-state index in [1.165, 1.54) is 7.11 Å². The number of para-hydroxylation sites is 1. The van der Waals surface area contributed by atoms with Crippen LogP contribution in [0, 0.1) is 5.92 Å². The third kappa shape index (κ3) is 2.66. The van der Waals surface area contributed by atoms with Gasteiger partial charge in [0, 0.05) is 31.4 Å². The number of H-pyrrole nitrogens is 1. The Morgan fingerprint density at radius 1 is 1.29 bits per heavy atom. The van der Waals surface area contributed by atoms with Crippen molar-refractivity contribution >= 4 is 28.7 Å². The van der Waals surface area contributed by atoms with Crippen molar-refractivity contribution in [1.29, 1.82) is 0 Å². The largest absolute Gasteiger partial charge is 0.469 e. The minimum atomic E-state index is -0.566. The Balaban J connectivity index is 1.56. The quantitative estimate of drug-likeness (QED) is 0.811. The maximum Gasteiger partial charge on any atom is 0.311 e. The Morgan fingerprint density at radius 2 is 2.00 bits per heavy atom. The minimum Gasteiger partial charge on any atom is -0.469 e. The second-order valence-corrected chi connectivity index (χ2v) is 7.43. The van der Waals surface area contributed by atoms with E-state index in [0.717, 1.165) is 10.9 Å². The standard InChI is InChI=1S/C20H24N4O4/c1-3-24-16(25)12-14(19(27)28-2)20(24)8-10-23(11-9-20)18(26)17-13-6-4-5-7-15(13)21-22-17/h4-7,14H,3,8-12H2,1-2H3,(H,21,22). The average Bonchev–Trinajstić information content (AvgIpc) is 3.26. The molecule has 0 aliphatic carbocycles. The predicted octanol–water partition coefficient (Wildman–Crippen LogP) is 1.58. The van der Waals surface area contributed by atoms with E-state index in [-0.39, 0.29) is 24.2 Å². The van der Waals surface area contributed by atoms with Crippen LogP contribution in [0.3, 0.4) is 0 Å². The number of aromatic nitrogens is 2. The molecule has 3 heterocycles. The maximum absolute atomic E-state index is 13.0. The molecule has 148 valence electrons. The lowest BCUT2D eigenvalue weighted by atomic mass is 9.76. The Morgan fingerprint density at radius 3 is 2.68 bits per heavy atom. The highest BCUT2D eigenvalue weighted by Crippen LogP contribution is 2.44. The molecule has 1 atom stereocenters. The van der Waals surface area contributed by atoms with Crippen molar-refractivity contribution in [3.05, 3.63) is 30.0 Å². The number of methoxy groups -OCH3 is 1. The van der Waals surface area contributed by atoms with E-state index in [1.807, 2.05) is 31.2 Å². The number of aromatic amines is 1. The van der Waals surface area contributed by atoms with E-state index >= 15 is 0 Å². The summed E-state index contributed by atoms with van der Waals surface area (Å²) in [6, 6.07) is 7.53. The zero-order valence-electron chi connectivity index (χ0n) is 16.1. The fourth-order valence-electron chi connectivity index (χ4n) is 4.84. The van der Waals surface area contributed by atoms with E-state index in [4.69, 9.17) is 4.74 Å². The number of hydrogen-bond acceptors (Lipinski definition) is 5. The van der Waals surface area contributed by atoms with E-state index < -0.39 is 11.5 Å². The van der Waals surface area contributed by atoms with Gasteiger partial charge < -0.3 is 14.5 Å². The number of nitrogens with one attached hydrogen (secondary N) is 1. The number of ether oxygens (including phenoxy) is 1. The SMILES string of the molecule is CCN1C(=O)CC(C(=O)OC)C12CCN(C(=O)c1n[nH]c3ccccc13)CC2. The second kappa shape index (κ2) is 6.92. The summed E-state index contributed by atoms with van der Waals surface area (Å²) < 4.78 is 4.97. The number of hydrogen-bond donors (Lipinski definition) is 1. The molecule has 2 aromatic rings. The normalized spacial score (nSPS) is 21.5. The van der Waals surface area contributed by atoms with E-state index in [1.54, 1.807) is 9.80 Å². The number of benzene rings is 1. The molecule has 0 radical (unpaired) electrons. The van der Waals surface area contributed by atoms with Crippen LogP contribution in [0.2, 0.25) is 0 Å². The van der Waals surface area contributed by atoms with Gasteiger partial charge in [0.1, 0.15) is 0 Å². The summed E-state index contributed by atoms with van der Waals surface area (Å²) in [5, 5.41) is 7.90. The molecule has 2 amide bonds. The summed E-state index contributed by atoms with van der Waals surface area (Å²) >= 11 is 0. The first kappa shape index (κ1) is 18.5. The first-order chi connectivity index (χ1) is 13.5. The Bertz CT molecular complexity index is 927. The molecule has 2 saturated heterocycles. The van der Waals surface area contributed by atoms with E-state index in [2.05, 4.69) is 10.2 Å². The van der Waals surface area contributed by atoms with Gasteiger partial charge in [0.25, 0.3) is 5.91 Å². The number of carbonyl (C=O) groups excluding carboxylic acids is 3. The van der Waals surface area contributed by atoms with Gasteiger partial charge in [-0.05, 0) is 25.8 Å². The lowest BCUT2D eigenvalue weighted by molar-refractivity contribution is -0.150. The van der Waals surface area contributed by atoms with Crippen molar-refractivity contribution in [1.82, 2.24) is 20.0 Å². The molecule has 1 aromatic heterocycles. The first-order valence-electron chi connectivity index (χ1n) is 9.62. The van der Waals surface area contributed by atoms with Gasteiger partial charge in [-0.15, -0.1) is 0 Å². The zero-order chi connectivity index (χ0) is 19.9. The van der Waals surface area contributed by atoms with Gasteiger partial charge in [-0.3, -0.25) is 19.5 Å². The molecule has 0 saturated carbocycles. The molecule has 28 heavy (non-hydrogen) atoms. The fourth-order valence-corrected chi connectivity index (χ4v) is 4.84. The highest BCUT2D eigenvalue weighted by Gasteiger charge is 2.56. The number of rotatable bonds is 3. The second-order valence-electron chi connectivity index (χ2n) is 7.43. The molecule has 8 heteroatoms. The van der Waals surface area contributed by atoms with Crippen molar-refractivity contribution in [3.8, 4) is 0 Å². The van der Waals surface area contributed by atoms with Crippen LogP contribution in [0.4, 0.5) is 0 Å². The summed E-state index contributed by atoms with van der Waals surface area (Å²) in [4.78, 5) is 41.4. The van der Waals surface area contributed by atoms with Crippen LogP contribution in [0.5, 0.6) is 0 Å². The summed E-state index contributed by atoms with van der Waals surface area (Å²) in [6.07, 6.45) is 1.29. The van der Waals surface area contributed by atoms with Gasteiger partial charge >= 0.3 is 5.97 Å². The number of likely N-dealkylation sites (tertiary alicyclic amines) is 2. The van der Waals surface area contributed by atoms with Crippen LogP contribution < -0.4 is 0 Å². The Kier molecular flexibility index (Phi) is 4.56. The maximum atomic E-state index is 13.0. The number of carbonyl (C=O) groups is 3. The smallest absolute Gasteiger partial charge is 0.311 e. The molecular weight excluding hydrogens is 360 g/mol. The topological polar surface area (TPSA) is 95.6 Å². The lowest BCUT2D eigenvalue weighted by Gasteiger charge is -2.46. The Hall–Kier alpha value is -2.90. The Labute approximate surface area is 162 Å². The fraction of sp³-hybridized carbons (Fsp3) is 0.500. The van der Waals surface area contributed by atoms with Crippen molar-refractivity contribution in [2.24, 2.45) is 5.92 Å². The van der Waals surface area contributed by atoms with Crippen LogP contribution in [0.25, 0.3) is 10.9 Å². The van der Waals surface area contributed by atoms with Gasteiger partial charge in [0.05, 0.1) is 24.1 Å². The van der Waals surface area contributed by atoms with E-state index in [9.17, 15) is 14.4 Å². The number of fused-ring (bicyclic) bond motifs is 1. The molecule has 1 spiro atoms. The highest BCUT2D eigenvalue weighted by atomic mass is 16.5. The third-order valence-electron chi connectivity index (χ3n) is 6.26. The van der Waals surface area contributed by atoms with E-state index in [0.29, 0.717) is 38.2 Å². The monoisotopic (exact) mass is 384 g/mol. The first-order valence-corrected chi connectivity index (χ1v) is 9.62. The van der Waals surface area contributed by atoms with Crippen molar-refractivity contribution < 1.29 is 19.1 Å².